The molecule has 1 saturated heterocycles. The van der Waals surface area contributed by atoms with Gasteiger partial charge < -0.3 is 5.32 Å². The van der Waals surface area contributed by atoms with Crippen molar-refractivity contribution in [1.82, 2.24) is 5.32 Å². The Morgan fingerprint density at radius 3 is 2.11 bits per heavy atom. The molecular formula is C17H27N. The van der Waals surface area contributed by atoms with E-state index >= 15 is 0 Å². The van der Waals surface area contributed by atoms with Gasteiger partial charge in [0.25, 0.3) is 0 Å². The summed E-state index contributed by atoms with van der Waals surface area (Å²) in [6.07, 6.45) is 1.26. The van der Waals surface area contributed by atoms with Crippen LogP contribution in [0.15, 0.2) is 24.3 Å². The molecule has 1 aromatic carbocycles. The Morgan fingerprint density at radius 1 is 1.00 bits per heavy atom. The van der Waals surface area contributed by atoms with E-state index in [2.05, 4.69) is 64.2 Å². The van der Waals surface area contributed by atoms with Gasteiger partial charge in [0, 0.05) is 18.5 Å². The molecule has 1 aromatic rings. The van der Waals surface area contributed by atoms with Gasteiger partial charge in [-0.1, -0.05) is 58.9 Å². The van der Waals surface area contributed by atoms with E-state index in [0.29, 0.717) is 11.3 Å². The van der Waals surface area contributed by atoms with Crippen molar-refractivity contribution in [2.24, 2.45) is 5.41 Å². The molecule has 1 heteroatoms. The van der Waals surface area contributed by atoms with E-state index in [9.17, 15) is 0 Å². The molecule has 1 heterocycles. The van der Waals surface area contributed by atoms with Crippen molar-refractivity contribution in [3.8, 4) is 0 Å². The minimum absolute atomic E-state index is 0.275. The second kappa shape index (κ2) is 4.70. The molecule has 2 rings (SSSR count). The molecule has 18 heavy (non-hydrogen) atoms. The lowest BCUT2D eigenvalue weighted by molar-refractivity contribution is 0.180. The van der Waals surface area contributed by atoms with Crippen LogP contribution in [0.4, 0.5) is 0 Å². The number of piperidine rings is 1. The van der Waals surface area contributed by atoms with Crippen molar-refractivity contribution >= 4 is 0 Å². The van der Waals surface area contributed by atoms with E-state index < -0.39 is 0 Å². The van der Waals surface area contributed by atoms with Crippen LogP contribution in [0.2, 0.25) is 0 Å². The van der Waals surface area contributed by atoms with Gasteiger partial charge in [-0.3, -0.25) is 0 Å². The third-order valence-corrected chi connectivity index (χ3v) is 4.26. The summed E-state index contributed by atoms with van der Waals surface area (Å²) >= 11 is 0. The van der Waals surface area contributed by atoms with Gasteiger partial charge in [-0.05, 0) is 28.9 Å². The summed E-state index contributed by atoms with van der Waals surface area (Å²) in [5.74, 6) is 0.618. The fraction of sp³-hybridized carbons (Fsp3) is 0.647. The predicted molar refractivity (Wildman–Crippen MR) is 79.2 cm³/mol. The van der Waals surface area contributed by atoms with Crippen molar-refractivity contribution in [2.75, 3.05) is 13.1 Å². The fourth-order valence-corrected chi connectivity index (χ4v) is 3.33. The highest BCUT2D eigenvalue weighted by molar-refractivity contribution is 5.31. The zero-order chi connectivity index (χ0) is 13.4. The van der Waals surface area contributed by atoms with Crippen LogP contribution < -0.4 is 5.32 Å². The van der Waals surface area contributed by atoms with Crippen molar-refractivity contribution < 1.29 is 0 Å². The van der Waals surface area contributed by atoms with Crippen LogP contribution in [0.3, 0.4) is 0 Å². The molecule has 100 valence electrons. The Kier molecular flexibility index (Phi) is 3.55. The van der Waals surface area contributed by atoms with Crippen LogP contribution in [0.25, 0.3) is 0 Å². The van der Waals surface area contributed by atoms with E-state index in [1.807, 2.05) is 0 Å². The molecule has 1 unspecified atom stereocenters. The summed E-state index contributed by atoms with van der Waals surface area (Å²) in [7, 11) is 0. The van der Waals surface area contributed by atoms with Crippen LogP contribution in [-0.4, -0.2) is 13.1 Å². The largest absolute Gasteiger partial charge is 0.315 e. The number of hydrogen-bond donors (Lipinski definition) is 1. The summed E-state index contributed by atoms with van der Waals surface area (Å²) in [4.78, 5) is 0. The van der Waals surface area contributed by atoms with Gasteiger partial charge in [0.2, 0.25) is 0 Å². The smallest absolute Gasteiger partial charge is 0.00550 e. The van der Waals surface area contributed by atoms with Crippen LogP contribution in [0.5, 0.6) is 0 Å². The summed E-state index contributed by atoms with van der Waals surface area (Å²) in [5.41, 5.74) is 3.58. The lowest BCUT2D eigenvalue weighted by Crippen LogP contribution is -2.49. The second-order valence-corrected chi connectivity index (χ2v) is 7.28. The third kappa shape index (κ3) is 2.77. The maximum absolute atomic E-state index is 3.60. The molecule has 0 saturated carbocycles. The molecule has 1 atom stereocenters. The monoisotopic (exact) mass is 245 g/mol. The van der Waals surface area contributed by atoms with Gasteiger partial charge in [0.05, 0.1) is 0 Å². The first-order valence-corrected chi connectivity index (χ1v) is 7.14. The summed E-state index contributed by atoms with van der Waals surface area (Å²) < 4.78 is 0. The summed E-state index contributed by atoms with van der Waals surface area (Å²) in [5, 5.41) is 3.60. The van der Waals surface area contributed by atoms with Crippen LogP contribution in [-0.2, 0) is 5.41 Å². The minimum Gasteiger partial charge on any atom is -0.315 e. The molecule has 1 nitrogen and oxygen atoms in total. The highest BCUT2D eigenvalue weighted by Gasteiger charge is 2.37. The van der Waals surface area contributed by atoms with Crippen LogP contribution >= 0.6 is 0 Å². The van der Waals surface area contributed by atoms with E-state index in [1.54, 1.807) is 0 Å². The average molecular weight is 245 g/mol. The molecule has 1 aliphatic rings. The molecule has 1 N–H and O–H groups in total. The minimum atomic E-state index is 0.275. The van der Waals surface area contributed by atoms with Crippen LogP contribution in [0, 0.1) is 5.41 Å². The zero-order valence-corrected chi connectivity index (χ0v) is 12.5. The molecule has 0 radical (unpaired) electrons. The SMILES string of the molecule is CC(C)c1ccc(C2(C)CNCC(C)(C)C2)cc1. The van der Waals surface area contributed by atoms with Gasteiger partial charge in [-0.2, -0.15) is 0 Å². The maximum Gasteiger partial charge on any atom is 0.00550 e. The molecule has 1 fully saturated rings. The predicted octanol–water partition coefficient (Wildman–Crippen LogP) is 4.09. The van der Waals surface area contributed by atoms with E-state index in [1.165, 1.54) is 17.5 Å². The van der Waals surface area contributed by atoms with Gasteiger partial charge in [0.15, 0.2) is 0 Å². The van der Waals surface area contributed by atoms with Gasteiger partial charge >= 0.3 is 0 Å². The van der Waals surface area contributed by atoms with E-state index in [-0.39, 0.29) is 5.41 Å². The Hall–Kier alpha value is -0.820. The number of benzene rings is 1. The van der Waals surface area contributed by atoms with Crippen molar-refractivity contribution in [3.63, 3.8) is 0 Å². The standard InChI is InChI=1S/C17H27N/c1-13(2)14-6-8-15(9-7-14)17(5)10-16(3,4)11-18-12-17/h6-9,13,18H,10-12H2,1-5H3. The van der Waals surface area contributed by atoms with Crippen molar-refractivity contribution in [1.29, 1.82) is 0 Å². The molecule has 1 aliphatic heterocycles. The zero-order valence-electron chi connectivity index (χ0n) is 12.5. The van der Waals surface area contributed by atoms with E-state index in [0.717, 1.165) is 13.1 Å². The maximum atomic E-state index is 3.60. The lowest BCUT2D eigenvalue weighted by atomic mass is 9.67. The highest BCUT2D eigenvalue weighted by atomic mass is 14.9. The molecular weight excluding hydrogens is 218 g/mol. The Morgan fingerprint density at radius 2 is 1.61 bits per heavy atom. The van der Waals surface area contributed by atoms with Crippen LogP contribution in [0.1, 0.15) is 58.1 Å². The topological polar surface area (TPSA) is 12.0 Å². The lowest BCUT2D eigenvalue weighted by Gasteiger charge is -2.43. The molecule has 0 aromatic heterocycles. The normalized spacial score (nSPS) is 27.4. The van der Waals surface area contributed by atoms with Gasteiger partial charge in [0.1, 0.15) is 0 Å². The Balaban J connectivity index is 2.24. The molecule has 0 spiro atoms. The first-order chi connectivity index (χ1) is 8.32. The highest BCUT2D eigenvalue weighted by Crippen LogP contribution is 2.39. The number of hydrogen-bond acceptors (Lipinski definition) is 1. The first kappa shape index (κ1) is 13.6. The van der Waals surface area contributed by atoms with Crippen molar-refractivity contribution in [3.05, 3.63) is 35.4 Å². The summed E-state index contributed by atoms with van der Waals surface area (Å²) in [6.45, 7) is 13.8. The Labute approximate surface area is 112 Å². The van der Waals surface area contributed by atoms with Gasteiger partial charge in [-0.15, -0.1) is 0 Å². The second-order valence-electron chi connectivity index (χ2n) is 7.28. The number of nitrogens with one attached hydrogen (secondary N) is 1. The van der Waals surface area contributed by atoms with E-state index in [4.69, 9.17) is 0 Å². The molecule has 0 aliphatic carbocycles. The number of rotatable bonds is 2. The first-order valence-electron chi connectivity index (χ1n) is 7.14. The summed E-state index contributed by atoms with van der Waals surface area (Å²) in [6, 6.07) is 9.26. The van der Waals surface area contributed by atoms with Crippen molar-refractivity contribution in [2.45, 2.75) is 52.4 Å². The third-order valence-electron chi connectivity index (χ3n) is 4.26. The molecule has 0 bridgehead atoms. The fourth-order valence-electron chi connectivity index (χ4n) is 3.33. The van der Waals surface area contributed by atoms with Gasteiger partial charge in [-0.25, -0.2) is 0 Å². The Bertz CT molecular complexity index is 402. The molecule has 0 amide bonds. The average Bonchev–Trinajstić information content (AvgIpc) is 2.27. The quantitative estimate of drug-likeness (QED) is 0.827.